The number of aliphatic imine (C=N–C) groups is 1. The molecular weight excluding hydrogens is 222 g/mol. The van der Waals surface area contributed by atoms with E-state index < -0.39 is 0 Å². The zero-order valence-electron chi connectivity index (χ0n) is 11.6. The zero-order valence-corrected chi connectivity index (χ0v) is 11.6. The normalized spacial score (nSPS) is 16.6. The summed E-state index contributed by atoms with van der Waals surface area (Å²) in [6.45, 7) is 10.5. The summed E-state index contributed by atoms with van der Waals surface area (Å²) in [7, 11) is 0. The first kappa shape index (κ1) is 13.1. The molecule has 18 heavy (non-hydrogen) atoms. The number of hydrogen-bond acceptors (Lipinski definition) is 3. The highest BCUT2D eigenvalue weighted by atomic mass is 15.2. The van der Waals surface area contributed by atoms with E-state index in [0.29, 0.717) is 0 Å². The van der Waals surface area contributed by atoms with Crippen molar-refractivity contribution < 1.29 is 0 Å². The first-order chi connectivity index (χ1) is 8.76. The van der Waals surface area contributed by atoms with Crippen LogP contribution in [0.4, 0.5) is 0 Å². The number of nitrogens with one attached hydrogen (secondary N) is 1. The summed E-state index contributed by atoms with van der Waals surface area (Å²) in [6, 6.07) is 9.04. The van der Waals surface area contributed by atoms with Gasteiger partial charge in [-0.3, -0.25) is 9.89 Å². The Bertz CT molecular complexity index is 422. The molecule has 0 saturated carbocycles. The third-order valence-electron chi connectivity index (χ3n) is 3.49. The molecule has 0 radical (unpaired) electrons. The Labute approximate surface area is 110 Å². The second kappa shape index (κ2) is 6.01. The fourth-order valence-corrected chi connectivity index (χ4v) is 2.57. The van der Waals surface area contributed by atoms with Crippen LogP contribution < -0.4 is 5.32 Å². The smallest absolute Gasteiger partial charge is 0.119 e. The van der Waals surface area contributed by atoms with Crippen LogP contribution in [0.2, 0.25) is 0 Å². The van der Waals surface area contributed by atoms with E-state index >= 15 is 0 Å². The first-order valence-electron chi connectivity index (χ1n) is 6.85. The maximum atomic E-state index is 4.62. The quantitative estimate of drug-likeness (QED) is 0.862. The van der Waals surface area contributed by atoms with E-state index in [2.05, 4.69) is 60.2 Å². The van der Waals surface area contributed by atoms with Crippen molar-refractivity contribution in [3.63, 3.8) is 0 Å². The van der Waals surface area contributed by atoms with Crippen molar-refractivity contribution in [1.82, 2.24) is 10.2 Å². The minimum Gasteiger partial charge on any atom is -0.370 e. The number of rotatable bonds is 5. The molecule has 0 aromatic heterocycles. The topological polar surface area (TPSA) is 27.6 Å². The van der Waals surface area contributed by atoms with Gasteiger partial charge >= 0.3 is 0 Å². The third-order valence-corrected chi connectivity index (χ3v) is 3.49. The number of likely N-dealkylation sites (N-methyl/N-ethyl adjacent to an activating group) is 1. The number of hydrogen-bond donors (Lipinski definition) is 1. The van der Waals surface area contributed by atoms with Crippen LogP contribution in [-0.2, 0) is 0 Å². The fraction of sp³-hybridized carbons (Fsp3) is 0.533. The van der Waals surface area contributed by atoms with Crippen LogP contribution in [0.15, 0.2) is 29.3 Å². The van der Waals surface area contributed by atoms with Crippen molar-refractivity contribution in [1.29, 1.82) is 0 Å². The molecule has 1 N–H and O–H groups in total. The molecule has 0 spiro atoms. The lowest BCUT2D eigenvalue weighted by Gasteiger charge is -2.30. The van der Waals surface area contributed by atoms with Gasteiger partial charge in [-0.25, -0.2) is 0 Å². The standard InChI is InChI=1S/C15H23N3/c1-4-18(5-2)14(15-16-9-10-17-15)13-8-6-7-12(3)11-13/h6-8,11,14H,4-5,9-10H2,1-3H3,(H,16,17). The van der Waals surface area contributed by atoms with Crippen LogP contribution in [0.3, 0.4) is 0 Å². The number of nitrogens with zero attached hydrogens (tertiary/aromatic N) is 2. The summed E-state index contributed by atoms with van der Waals surface area (Å²) in [6.07, 6.45) is 0. The predicted molar refractivity (Wildman–Crippen MR) is 77.1 cm³/mol. The van der Waals surface area contributed by atoms with Gasteiger partial charge in [0.1, 0.15) is 5.84 Å². The molecule has 0 aliphatic carbocycles. The van der Waals surface area contributed by atoms with Gasteiger partial charge in [0.15, 0.2) is 0 Å². The molecule has 3 nitrogen and oxygen atoms in total. The lowest BCUT2D eigenvalue weighted by Crippen LogP contribution is -2.38. The van der Waals surface area contributed by atoms with Gasteiger partial charge < -0.3 is 5.32 Å². The predicted octanol–water partition coefficient (Wildman–Crippen LogP) is 2.38. The molecule has 1 aliphatic rings. The summed E-state index contributed by atoms with van der Waals surface area (Å²) < 4.78 is 0. The molecule has 0 bridgehead atoms. The van der Waals surface area contributed by atoms with Gasteiger partial charge in [-0.05, 0) is 25.6 Å². The summed E-state index contributed by atoms with van der Waals surface area (Å²) in [4.78, 5) is 7.07. The molecule has 0 fully saturated rings. The average Bonchev–Trinajstić information content (AvgIpc) is 2.89. The van der Waals surface area contributed by atoms with Crippen molar-refractivity contribution in [3.8, 4) is 0 Å². The Morgan fingerprint density at radius 2 is 2.11 bits per heavy atom. The van der Waals surface area contributed by atoms with Crippen LogP contribution in [0, 0.1) is 6.92 Å². The molecule has 0 saturated heterocycles. The molecule has 1 unspecified atom stereocenters. The fourth-order valence-electron chi connectivity index (χ4n) is 2.57. The van der Waals surface area contributed by atoms with E-state index in [0.717, 1.165) is 32.0 Å². The summed E-state index contributed by atoms with van der Waals surface area (Å²) >= 11 is 0. The van der Waals surface area contributed by atoms with Crippen molar-refractivity contribution in [2.24, 2.45) is 4.99 Å². The number of benzene rings is 1. The van der Waals surface area contributed by atoms with Crippen LogP contribution in [0.1, 0.15) is 31.0 Å². The number of aryl methyl sites for hydroxylation is 1. The van der Waals surface area contributed by atoms with Crippen molar-refractivity contribution in [2.45, 2.75) is 26.8 Å². The van der Waals surface area contributed by atoms with Gasteiger partial charge in [-0.2, -0.15) is 0 Å². The number of amidine groups is 1. The molecule has 1 aliphatic heterocycles. The highest BCUT2D eigenvalue weighted by Gasteiger charge is 2.25. The molecule has 1 aromatic rings. The minimum absolute atomic E-state index is 0.280. The first-order valence-corrected chi connectivity index (χ1v) is 6.85. The lowest BCUT2D eigenvalue weighted by molar-refractivity contribution is 0.268. The molecule has 0 amide bonds. The van der Waals surface area contributed by atoms with Crippen LogP contribution in [0.5, 0.6) is 0 Å². The largest absolute Gasteiger partial charge is 0.370 e. The van der Waals surface area contributed by atoms with Gasteiger partial charge in [-0.1, -0.05) is 43.7 Å². The van der Waals surface area contributed by atoms with Crippen molar-refractivity contribution in [2.75, 3.05) is 26.2 Å². The van der Waals surface area contributed by atoms with E-state index in [1.54, 1.807) is 0 Å². The van der Waals surface area contributed by atoms with E-state index in [9.17, 15) is 0 Å². The Morgan fingerprint density at radius 3 is 2.67 bits per heavy atom. The van der Waals surface area contributed by atoms with Gasteiger partial charge in [0, 0.05) is 6.54 Å². The molecular formula is C15H23N3. The molecule has 3 heteroatoms. The van der Waals surface area contributed by atoms with Crippen LogP contribution in [-0.4, -0.2) is 36.9 Å². The van der Waals surface area contributed by atoms with Gasteiger partial charge in [0.25, 0.3) is 0 Å². The van der Waals surface area contributed by atoms with E-state index in [1.165, 1.54) is 11.1 Å². The highest BCUT2D eigenvalue weighted by molar-refractivity contribution is 5.89. The second-order valence-electron chi connectivity index (χ2n) is 4.73. The van der Waals surface area contributed by atoms with Crippen molar-refractivity contribution >= 4 is 5.84 Å². The summed E-state index contributed by atoms with van der Waals surface area (Å²) in [5.41, 5.74) is 2.65. The molecule has 98 valence electrons. The minimum atomic E-state index is 0.280. The molecule has 1 atom stereocenters. The Kier molecular flexibility index (Phi) is 4.37. The Balaban J connectivity index is 2.34. The maximum absolute atomic E-state index is 4.62. The zero-order chi connectivity index (χ0) is 13.0. The average molecular weight is 245 g/mol. The Hall–Kier alpha value is -1.35. The molecule has 2 rings (SSSR count). The third kappa shape index (κ3) is 2.72. The molecule has 1 heterocycles. The van der Waals surface area contributed by atoms with E-state index in [4.69, 9.17) is 0 Å². The van der Waals surface area contributed by atoms with Crippen LogP contribution in [0.25, 0.3) is 0 Å². The molecule has 1 aromatic carbocycles. The van der Waals surface area contributed by atoms with Gasteiger partial charge in [0.05, 0.1) is 12.6 Å². The van der Waals surface area contributed by atoms with Crippen LogP contribution >= 0.6 is 0 Å². The van der Waals surface area contributed by atoms with Gasteiger partial charge in [0.2, 0.25) is 0 Å². The van der Waals surface area contributed by atoms with E-state index in [-0.39, 0.29) is 6.04 Å². The highest BCUT2D eigenvalue weighted by Crippen LogP contribution is 2.23. The van der Waals surface area contributed by atoms with Gasteiger partial charge in [-0.15, -0.1) is 0 Å². The SMILES string of the molecule is CCN(CC)C(C1=NCCN1)c1cccc(C)c1. The monoisotopic (exact) mass is 245 g/mol. The van der Waals surface area contributed by atoms with E-state index in [1.807, 2.05) is 0 Å². The maximum Gasteiger partial charge on any atom is 0.119 e. The second-order valence-corrected chi connectivity index (χ2v) is 4.73. The Morgan fingerprint density at radius 1 is 1.33 bits per heavy atom. The van der Waals surface area contributed by atoms with Crippen molar-refractivity contribution in [3.05, 3.63) is 35.4 Å². The lowest BCUT2D eigenvalue weighted by atomic mass is 10.0. The summed E-state index contributed by atoms with van der Waals surface area (Å²) in [5, 5.41) is 3.43. The summed E-state index contributed by atoms with van der Waals surface area (Å²) in [5.74, 6) is 1.13.